The van der Waals surface area contributed by atoms with Crippen LogP contribution in [0.3, 0.4) is 0 Å². The largest absolute Gasteiger partial charge is 0.381 e. The molecular formula is C16H26N2O3. The summed E-state index contributed by atoms with van der Waals surface area (Å²) in [4.78, 5) is 14.2. The number of urea groups is 1. The van der Waals surface area contributed by atoms with E-state index in [0.717, 1.165) is 19.4 Å². The molecule has 0 saturated heterocycles. The molecule has 5 heteroatoms. The van der Waals surface area contributed by atoms with Crippen molar-refractivity contribution in [2.45, 2.75) is 44.2 Å². The van der Waals surface area contributed by atoms with Crippen molar-refractivity contribution >= 4 is 6.03 Å². The van der Waals surface area contributed by atoms with E-state index in [1.165, 1.54) is 24.8 Å². The van der Waals surface area contributed by atoms with Gasteiger partial charge in [-0.2, -0.15) is 0 Å². The van der Waals surface area contributed by atoms with Crippen molar-refractivity contribution < 1.29 is 14.3 Å². The van der Waals surface area contributed by atoms with Crippen LogP contribution < -0.4 is 5.32 Å². The second-order valence-electron chi connectivity index (χ2n) is 6.54. The predicted molar refractivity (Wildman–Crippen MR) is 80.2 cm³/mol. The minimum Gasteiger partial charge on any atom is -0.381 e. The molecule has 1 aliphatic heterocycles. The van der Waals surface area contributed by atoms with Gasteiger partial charge in [0, 0.05) is 32.2 Å². The summed E-state index contributed by atoms with van der Waals surface area (Å²) in [5.41, 5.74) is 1.40. The molecule has 1 spiro atoms. The normalized spacial score (nSPS) is 30.1. The SMILES string of the molecule is COC1CC(N(C)C(=O)NCC2=CCCOC2)C12CCC2. The molecule has 118 valence electrons. The highest BCUT2D eigenvalue weighted by atomic mass is 16.5. The molecule has 0 aromatic heterocycles. The van der Waals surface area contributed by atoms with E-state index in [9.17, 15) is 4.79 Å². The molecule has 2 saturated carbocycles. The molecule has 2 unspecified atom stereocenters. The summed E-state index contributed by atoms with van der Waals surface area (Å²) in [5.74, 6) is 0. The number of nitrogens with one attached hydrogen (secondary N) is 1. The Balaban J connectivity index is 1.52. The van der Waals surface area contributed by atoms with Gasteiger partial charge in [0.05, 0.1) is 19.3 Å². The van der Waals surface area contributed by atoms with Gasteiger partial charge in [-0.25, -0.2) is 4.79 Å². The molecule has 0 bridgehead atoms. The van der Waals surface area contributed by atoms with Crippen LogP contribution in [-0.4, -0.2) is 57.0 Å². The minimum atomic E-state index is 0.0206. The molecule has 1 N–H and O–H groups in total. The predicted octanol–water partition coefficient (Wildman–Crippen LogP) is 1.93. The Morgan fingerprint density at radius 2 is 2.38 bits per heavy atom. The van der Waals surface area contributed by atoms with Crippen molar-refractivity contribution in [2.24, 2.45) is 5.41 Å². The second-order valence-corrected chi connectivity index (χ2v) is 6.54. The fourth-order valence-electron chi connectivity index (χ4n) is 4.03. The number of carbonyl (C=O) groups excluding carboxylic acids is 1. The molecule has 2 fully saturated rings. The van der Waals surface area contributed by atoms with E-state index >= 15 is 0 Å². The zero-order valence-corrected chi connectivity index (χ0v) is 13.1. The molecule has 0 aromatic rings. The highest BCUT2D eigenvalue weighted by Gasteiger charge is 2.60. The van der Waals surface area contributed by atoms with Crippen LogP contribution >= 0.6 is 0 Å². The topological polar surface area (TPSA) is 50.8 Å². The summed E-state index contributed by atoms with van der Waals surface area (Å²) in [5, 5.41) is 3.02. The maximum Gasteiger partial charge on any atom is 0.317 e. The highest BCUT2D eigenvalue weighted by Crippen LogP contribution is 2.58. The van der Waals surface area contributed by atoms with E-state index in [1.54, 1.807) is 7.11 Å². The van der Waals surface area contributed by atoms with E-state index < -0.39 is 0 Å². The number of amides is 2. The first-order chi connectivity index (χ1) is 10.2. The van der Waals surface area contributed by atoms with Gasteiger partial charge < -0.3 is 19.7 Å². The van der Waals surface area contributed by atoms with Crippen molar-refractivity contribution in [3.63, 3.8) is 0 Å². The van der Waals surface area contributed by atoms with Crippen LogP contribution in [0.5, 0.6) is 0 Å². The average Bonchev–Trinajstić information content (AvgIpc) is 2.43. The first kappa shape index (κ1) is 14.9. The van der Waals surface area contributed by atoms with Crippen LogP contribution in [0.1, 0.15) is 32.1 Å². The Hall–Kier alpha value is -1.07. The van der Waals surface area contributed by atoms with Gasteiger partial charge in [-0.05, 0) is 31.3 Å². The van der Waals surface area contributed by atoms with Crippen molar-refractivity contribution in [1.29, 1.82) is 0 Å². The van der Waals surface area contributed by atoms with E-state index in [0.29, 0.717) is 25.3 Å². The van der Waals surface area contributed by atoms with Crippen LogP contribution in [0.25, 0.3) is 0 Å². The number of hydrogen-bond acceptors (Lipinski definition) is 3. The molecule has 0 aromatic carbocycles. The van der Waals surface area contributed by atoms with Gasteiger partial charge in [0.2, 0.25) is 0 Å². The zero-order valence-electron chi connectivity index (χ0n) is 13.1. The first-order valence-corrected chi connectivity index (χ1v) is 7.96. The molecule has 2 atom stereocenters. The lowest BCUT2D eigenvalue weighted by atomic mass is 9.50. The van der Waals surface area contributed by atoms with Crippen LogP contribution in [-0.2, 0) is 9.47 Å². The maximum absolute atomic E-state index is 12.3. The summed E-state index contributed by atoms with van der Waals surface area (Å²) in [6.07, 6.45) is 8.05. The lowest BCUT2D eigenvalue weighted by Gasteiger charge is -2.62. The average molecular weight is 294 g/mol. The Labute approximate surface area is 126 Å². The number of rotatable bonds is 4. The number of methoxy groups -OCH3 is 1. The first-order valence-electron chi connectivity index (χ1n) is 7.96. The quantitative estimate of drug-likeness (QED) is 0.806. The van der Waals surface area contributed by atoms with Crippen molar-refractivity contribution in [3.05, 3.63) is 11.6 Å². The van der Waals surface area contributed by atoms with Gasteiger partial charge in [0.15, 0.2) is 0 Å². The van der Waals surface area contributed by atoms with Crippen molar-refractivity contribution in [2.75, 3.05) is 33.9 Å². The van der Waals surface area contributed by atoms with Gasteiger partial charge in [-0.1, -0.05) is 12.5 Å². The van der Waals surface area contributed by atoms with Crippen LogP contribution in [0.2, 0.25) is 0 Å². The third kappa shape index (κ3) is 2.57. The Kier molecular flexibility index (Phi) is 4.22. The molecule has 3 aliphatic rings. The van der Waals surface area contributed by atoms with Gasteiger partial charge in [0.25, 0.3) is 0 Å². The summed E-state index contributed by atoms with van der Waals surface area (Å²) in [7, 11) is 3.70. The molecule has 1 heterocycles. The molecule has 2 aliphatic carbocycles. The van der Waals surface area contributed by atoms with Gasteiger partial charge >= 0.3 is 6.03 Å². The summed E-state index contributed by atoms with van der Waals surface area (Å²) >= 11 is 0. The van der Waals surface area contributed by atoms with Gasteiger partial charge in [-0.15, -0.1) is 0 Å². The lowest BCUT2D eigenvalue weighted by Crippen LogP contribution is -2.68. The van der Waals surface area contributed by atoms with E-state index in [2.05, 4.69) is 11.4 Å². The molecule has 21 heavy (non-hydrogen) atoms. The summed E-state index contributed by atoms with van der Waals surface area (Å²) in [6.45, 7) is 2.03. The summed E-state index contributed by atoms with van der Waals surface area (Å²) < 4.78 is 11.0. The number of carbonyl (C=O) groups is 1. The number of nitrogens with zero attached hydrogens (tertiary/aromatic N) is 1. The fraction of sp³-hybridized carbons (Fsp3) is 0.812. The Morgan fingerprint density at radius 1 is 1.57 bits per heavy atom. The highest BCUT2D eigenvalue weighted by molar-refractivity contribution is 5.75. The minimum absolute atomic E-state index is 0.0206. The molecule has 2 amide bonds. The maximum atomic E-state index is 12.3. The van der Waals surface area contributed by atoms with Crippen LogP contribution in [0.15, 0.2) is 11.6 Å². The third-order valence-corrected chi connectivity index (χ3v) is 5.55. The third-order valence-electron chi connectivity index (χ3n) is 5.55. The molecule has 3 rings (SSSR count). The zero-order chi connectivity index (χ0) is 14.9. The Morgan fingerprint density at radius 3 is 2.95 bits per heavy atom. The van der Waals surface area contributed by atoms with E-state index in [4.69, 9.17) is 9.47 Å². The van der Waals surface area contributed by atoms with Gasteiger partial charge in [0.1, 0.15) is 0 Å². The number of ether oxygens (including phenoxy) is 2. The molecule has 5 nitrogen and oxygen atoms in total. The lowest BCUT2D eigenvalue weighted by molar-refractivity contribution is -0.182. The second kappa shape index (κ2) is 5.97. The van der Waals surface area contributed by atoms with Crippen molar-refractivity contribution in [1.82, 2.24) is 10.2 Å². The standard InChI is InChI=1S/C16H26N2O3/c1-18(13-9-14(20-2)16(13)6-4-7-16)15(19)17-10-12-5-3-8-21-11-12/h5,13-14H,3-4,6-11H2,1-2H3,(H,17,19). The summed E-state index contributed by atoms with van der Waals surface area (Å²) in [6, 6.07) is 0.347. The van der Waals surface area contributed by atoms with Gasteiger partial charge in [-0.3, -0.25) is 0 Å². The van der Waals surface area contributed by atoms with E-state index in [1.807, 2.05) is 11.9 Å². The fourth-order valence-corrected chi connectivity index (χ4v) is 4.03. The molecular weight excluding hydrogens is 268 g/mol. The number of hydrogen-bond donors (Lipinski definition) is 1. The molecule has 0 radical (unpaired) electrons. The van der Waals surface area contributed by atoms with Crippen LogP contribution in [0, 0.1) is 5.41 Å². The Bertz CT molecular complexity index is 431. The van der Waals surface area contributed by atoms with E-state index in [-0.39, 0.29) is 11.4 Å². The van der Waals surface area contributed by atoms with Crippen LogP contribution in [0.4, 0.5) is 4.79 Å². The monoisotopic (exact) mass is 294 g/mol. The van der Waals surface area contributed by atoms with Crippen molar-refractivity contribution in [3.8, 4) is 0 Å². The smallest absolute Gasteiger partial charge is 0.317 e.